The smallest absolute Gasteiger partial charge is 0.127 e. The number of hydrogen-bond acceptors (Lipinski definition) is 1. The number of aryl methyl sites for hydroxylation is 1. The Kier molecular flexibility index (Phi) is 5.38. The van der Waals surface area contributed by atoms with E-state index in [1.165, 1.54) is 38.5 Å². The lowest BCUT2D eigenvalue weighted by Crippen LogP contribution is -2.33. The van der Waals surface area contributed by atoms with Gasteiger partial charge in [0.1, 0.15) is 5.82 Å². The molecule has 0 unspecified atom stereocenters. The van der Waals surface area contributed by atoms with Crippen molar-refractivity contribution in [1.29, 1.82) is 0 Å². The molecular weight excluding hydrogens is 237 g/mol. The van der Waals surface area contributed by atoms with Gasteiger partial charge >= 0.3 is 0 Å². The van der Waals surface area contributed by atoms with Crippen LogP contribution in [0.1, 0.15) is 56.6 Å². The van der Waals surface area contributed by atoms with Crippen molar-refractivity contribution in [3.63, 3.8) is 0 Å². The van der Waals surface area contributed by atoms with Crippen molar-refractivity contribution in [2.24, 2.45) is 5.92 Å². The van der Waals surface area contributed by atoms with Crippen molar-refractivity contribution in [3.8, 4) is 0 Å². The Morgan fingerprint density at radius 2 is 1.95 bits per heavy atom. The predicted octanol–water partition coefficient (Wildman–Crippen LogP) is 4.58. The van der Waals surface area contributed by atoms with Crippen LogP contribution in [-0.2, 0) is 6.54 Å². The minimum Gasteiger partial charge on any atom is -0.310 e. The van der Waals surface area contributed by atoms with Crippen molar-refractivity contribution in [1.82, 2.24) is 5.32 Å². The molecule has 0 spiro atoms. The number of nitrogens with one attached hydrogen (secondary N) is 1. The minimum atomic E-state index is -0.0854. The van der Waals surface area contributed by atoms with Gasteiger partial charge in [0, 0.05) is 18.2 Å². The van der Waals surface area contributed by atoms with Gasteiger partial charge in [-0.1, -0.05) is 37.5 Å². The Morgan fingerprint density at radius 3 is 2.63 bits per heavy atom. The fourth-order valence-corrected chi connectivity index (χ4v) is 3.16. The summed E-state index contributed by atoms with van der Waals surface area (Å²) in [5.41, 5.74) is 1.93. The molecule has 0 radical (unpaired) electrons. The standard InChI is InChI=1S/C17H26FN/c1-3-4-14-6-8-16(9-7-14)19-12-15-11-13(2)5-10-17(15)18/h5,10-11,14,16,19H,3-4,6-9,12H2,1-2H3. The molecule has 0 aromatic heterocycles. The van der Waals surface area contributed by atoms with Crippen LogP contribution in [0.15, 0.2) is 18.2 Å². The lowest BCUT2D eigenvalue weighted by atomic mass is 9.83. The van der Waals surface area contributed by atoms with Gasteiger partial charge in [0.25, 0.3) is 0 Å². The average Bonchev–Trinajstić information content (AvgIpc) is 2.42. The van der Waals surface area contributed by atoms with Crippen LogP contribution in [0, 0.1) is 18.7 Å². The molecule has 1 aliphatic carbocycles. The maximum atomic E-state index is 13.6. The maximum absolute atomic E-state index is 13.6. The normalized spacial score (nSPS) is 23.5. The van der Waals surface area contributed by atoms with Gasteiger partial charge in [-0.25, -0.2) is 4.39 Å². The topological polar surface area (TPSA) is 12.0 Å². The van der Waals surface area contributed by atoms with E-state index in [4.69, 9.17) is 0 Å². The Labute approximate surface area is 116 Å². The molecule has 1 nitrogen and oxygen atoms in total. The highest BCUT2D eigenvalue weighted by molar-refractivity contribution is 5.23. The Balaban J connectivity index is 1.79. The summed E-state index contributed by atoms with van der Waals surface area (Å²) in [5.74, 6) is 0.844. The van der Waals surface area contributed by atoms with Crippen LogP contribution in [0.2, 0.25) is 0 Å². The van der Waals surface area contributed by atoms with Crippen molar-refractivity contribution < 1.29 is 4.39 Å². The van der Waals surface area contributed by atoms with Crippen LogP contribution in [0.25, 0.3) is 0 Å². The summed E-state index contributed by atoms with van der Waals surface area (Å²) in [6.45, 7) is 4.94. The fourth-order valence-electron chi connectivity index (χ4n) is 3.16. The van der Waals surface area contributed by atoms with Crippen molar-refractivity contribution in [3.05, 3.63) is 35.1 Å². The summed E-state index contributed by atoms with van der Waals surface area (Å²) >= 11 is 0. The van der Waals surface area contributed by atoms with Gasteiger partial charge in [-0.3, -0.25) is 0 Å². The monoisotopic (exact) mass is 263 g/mol. The zero-order chi connectivity index (χ0) is 13.7. The van der Waals surface area contributed by atoms with Crippen LogP contribution < -0.4 is 5.32 Å². The van der Waals surface area contributed by atoms with Crippen molar-refractivity contribution >= 4 is 0 Å². The molecule has 0 aliphatic heterocycles. The zero-order valence-corrected chi connectivity index (χ0v) is 12.2. The average molecular weight is 263 g/mol. The van der Waals surface area contributed by atoms with Gasteiger partial charge < -0.3 is 5.32 Å². The molecule has 1 aliphatic rings. The SMILES string of the molecule is CCCC1CCC(NCc2cc(C)ccc2F)CC1. The Hall–Kier alpha value is -0.890. The highest BCUT2D eigenvalue weighted by Crippen LogP contribution is 2.27. The van der Waals surface area contributed by atoms with E-state index in [1.807, 2.05) is 19.1 Å². The van der Waals surface area contributed by atoms with Gasteiger partial charge in [-0.05, 0) is 44.6 Å². The summed E-state index contributed by atoms with van der Waals surface area (Å²) in [5, 5.41) is 3.53. The molecule has 1 N–H and O–H groups in total. The number of hydrogen-bond donors (Lipinski definition) is 1. The molecule has 1 fully saturated rings. The van der Waals surface area contributed by atoms with E-state index in [0.717, 1.165) is 17.0 Å². The van der Waals surface area contributed by atoms with E-state index >= 15 is 0 Å². The molecule has 19 heavy (non-hydrogen) atoms. The molecule has 0 saturated heterocycles. The summed E-state index contributed by atoms with van der Waals surface area (Å²) in [7, 11) is 0. The molecule has 1 aromatic rings. The lowest BCUT2D eigenvalue weighted by Gasteiger charge is -2.29. The third-order valence-electron chi connectivity index (χ3n) is 4.33. The second-order valence-electron chi connectivity index (χ2n) is 5.98. The first-order valence-electron chi connectivity index (χ1n) is 7.67. The van der Waals surface area contributed by atoms with Gasteiger partial charge in [0.05, 0.1) is 0 Å². The predicted molar refractivity (Wildman–Crippen MR) is 78.6 cm³/mol. The van der Waals surface area contributed by atoms with E-state index in [-0.39, 0.29) is 5.82 Å². The molecule has 2 heteroatoms. The molecule has 0 heterocycles. The van der Waals surface area contributed by atoms with Crippen LogP contribution in [0.4, 0.5) is 4.39 Å². The first kappa shape index (κ1) is 14.5. The number of halogens is 1. The number of rotatable bonds is 5. The minimum absolute atomic E-state index is 0.0854. The fraction of sp³-hybridized carbons (Fsp3) is 0.647. The van der Waals surface area contributed by atoms with E-state index < -0.39 is 0 Å². The summed E-state index contributed by atoms with van der Waals surface area (Å²) in [6, 6.07) is 5.93. The summed E-state index contributed by atoms with van der Waals surface area (Å²) in [6.07, 6.45) is 7.84. The zero-order valence-electron chi connectivity index (χ0n) is 12.2. The molecule has 0 amide bonds. The largest absolute Gasteiger partial charge is 0.310 e. The van der Waals surface area contributed by atoms with Crippen LogP contribution >= 0.6 is 0 Å². The molecule has 106 valence electrons. The quantitative estimate of drug-likeness (QED) is 0.819. The van der Waals surface area contributed by atoms with Gasteiger partial charge in [-0.15, -0.1) is 0 Å². The first-order chi connectivity index (χ1) is 9.19. The van der Waals surface area contributed by atoms with Gasteiger partial charge in [0.15, 0.2) is 0 Å². The second kappa shape index (κ2) is 7.04. The van der Waals surface area contributed by atoms with Gasteiger partial charge in [0.2, 0.25) is 0 Å². The molecule has 1 aromatic carbocycles. The highest BCUT2D eigenvalue weighted by Gasteiger charge is 2.20. The summed E-state index contributed by atoms with van der Waals surface area (Å²) in [4.78, 5) is 0. The first-order valence-corrected chi connectivity index (χ1v) is 7.67. The van der Waals surface area contributed by atoms with Crippen molar-refractivity contribution in [2.75, 3.05) is 0 Å². The van der Waals surface area contributed by atoms with Crippen molar-refractivity contribution in [2.45, 2.75) is 65.0 Å². The molecule has 0 bridgehead atoms. The second-order valence-corrected chi connectivity index (χ2v) is 5.98. The summed E-state index contributed by atoms with van der Waals surface area (Å²) < 4.78 is 13.6. The van der Waals surface area contributed by atoms with E-state index in [2.05, 4.69) is 12.2 Å². The molecule has 2 rings (SSSR count). The molecule has 1 saturated carbocycles. The van der Waals surface area contributed by atoms with Gasteiger partial charge in [-0.2, -0.15) is 0 Å². The lowest BCUT2D eigenvalue weighted by molar-refractivity contribution is 0.277. The maximum Gasteiger partial charge on any atom is 0.127 e. The van der Waals surface area contributed by atoms with Crippen LogP contribution in [-0.4, -0.2) is 6.04 Å². The van der Waals surface area contributed by atoms with Crippen LogP contribution in [0.5, 0.6) is 0 Å². The Morgan fingerprint density at radius 1 is 1.21 bits per heavy atom. The Bertz CT molecular complexity index is 394. The van der Waals surface area contributed by atoms with E-state index in [1.54, 1.807) is 6.07 Å². The molecular formula is C17H26FN. The van der Waals surface area contributed by atoms with E-state index in [0.29, 0.717) is 12.6 Å². The highest BCUT2D eigenvalue weighted by atomic mass is 19.1. The number of benzene rings is 1. The van der Waals surface area contributed by atoms with Crippen LogP contribution in [0.3, 0.4) is 0 Å². The van der Waals surface area contributed by atoms with E-state index in [9.17, 15) is 4.39 Å². The third-order valence-corrected chi connectivity index (χ3v) is 4.33. The third kappa shape index (κ3) is 4.31. The molecule has 0 atom stereocenters.